The number of piperidine rings is 1. The summed E-state index contributed by atoms with van der Waals surface area (Å²) in [6, 6.07) is 5.27. The molecule has 1 amide bonds. The van der Waals surface area contributed by atoms with Gasteiger partial charge in [-0.2, -0.15) is 0 Å². The molecule has 2 unspecified atom stereocenters. The van der Waals surface area contributed by atoms with Crippen LogP contribution in [0, 0.1) is 12.8 Å². The maximum absolute atomic E-state index is 12.3. The van der Waals surface area contributed by atoms with Crippen LogP contribution in [0.4, 0.5) is 5.69 Å². The fourth-order valence-electron chi connectivity index (χ4n) is 2.61. The predicted octanol–water partition coefficient (Wildman–Crippen LogP) is 2.02. The van der Waals surface area contributed by atoms with Crippen molar-refractivity contribution in [2.45, 2.75) is 32.7 Å². The molecule has 1 heterocycles. The van der Waals surface area contributed by atoms with Gasteiger partial charge >= 0.3 is 5.97 Å². The number of carbonyl (C=O) groups is 2. The molecule has 5 nitrogen and oxygen atoms in total. The van der Waals surface area contributed by atoms with Crippen LogP contribution < -0.4 is 10.6 Å². The molecule has 1 fully saturated rings. The number of aromatic carboxylic acids is 1. The van der Waals surface area contributed by atoms with Crippen LogP contribution in [0.2, 0.25) is 0 Å². The van der Waals surface area contributed by atoms with Gasteiger partial charge in [0.15, 0.2) is 0 Å². The molecule has 1 aromatic rings. The molecule has 1 aromatic carbocycles. The Bertz CT molecular complexity index is 528. The minimum atomic E-state index is -0.978. The maximum Gasteiger partial charge on any atom is 0.336 e. The second-order valence-electron chi connectivity index (χ2n) is 5.35. The molecule has 3 N–H and O–H groups in total. The first-order valence-corrected chi connectivity index (χ1v) is 6.86. The molecule has 0 aromatic heterocycles. The van der Waals surface area contributed by atoms with Crippen LogP contribution in [0.5, 0.6) is 0 Å². The molecule has 20 heavy (non-hydrogen) atoms. The van der Waals surface area contributed by atoms with E-state index in [1.165, 1.54) is 0 Å². The largest absolute Gasteiger partial charge is 0.478 e. The van der Waals surface area contributed by atoms with Crippen molar-refractivity contribution < 1.29 is 14.7 Å². The number of benzene rings is 1. The number of hydrogen-bond donors (Lipinski definition) is 3. The molecular weight excluding hydrogens is 256 g/mol. The van der Waals surface area contributed by atoms with E-state index in [1.807, 2.05) is 0 Å². The number of carboxylic acids is 1. The van der Waals surface area contributed by atoms with Crippen LogP contribution in [0.3, 0.4) is 0 Å². The molecule has 0 bridgehead atoms. The van der Waals surface area contributed by atoms with Gasteiger partial charge < -0.3 is 15.7 Å². The zero-order valence-corrected chi connectivity index (χ0v) is 11.8. The molecule has 5 heteroatoms. The molecule has 108 valence electrons. The van der Waals surface area contributed by atoms with E-state index in [4.69, 9.17) is 5.11 Å². The van der Waals surface area contributed by atoms with Crippen LogP contribution in [0.25, 0.3) is 0 Å². The average molecular weight is 276 g/mol. The number of amides is 1. The SMILES string of the molecule is Cc1c(NC(=O)C2CCNC(C)C2)cccc1C(=O)O. The molecule has 0 spiro atoms. The van der Waals surface area contributed by atoms with Crippen molar-refractivity contribution in [2.75, 3.05) is 11.9 Å². The number of hydrogen-bond acceptors (Lipinski definition) is 3. The first-order chi connectivity index (χ1) is 9.49. The third-order valence-corrected chi connectivity index (χ3v) is 3.82. The number of carboxylic acid groups (broad SMARTS) is 1. The lowest BCUT2D eigenvalue weighted by molar-refractivity contribution is -0.120. The molecular formula is C15H20N2O3. The Morgan fingerprint density at radius 1 is 1.40 bits per heavy atom. The topological polar surface area (TPSA) is 78.4 Å². The van der Waals surface area contributed by atoms with Gasteiger partial charge in [-0.05, 0) is 50.9 Å². The molecule has 2 rings (SSSR count). The predicted molar refractivity (Wildman–Crippen MR) is 77.0 cm³/mol. The number of anilines is 1. The van der Waals surface area contributed by atoms with Gasteiger partial charge in [0.1, 0.15) is 0 Å². The van der Waals surface area contributed by atoms with Crippen LogP contribution >= 0.6 is 0 Å². The lowest BCUT2D eigenvalue weighted by atomic mass is 9.92. The van der Waals surface area contributed by atoms with E-state index in [0.717, 1.165) is 19.4 Å². The van der Waals surface area contributed by atoms with Crippen molar-refractivity contribution in [3.63, 3.8) is 0 Å². The summed E-state index contributed by atoms with van der Waals surface area (Å²) in [6.45, 7) is 4.62. The lowest BCUT2D eigenvalue weighted by Crippen LogP contribution is -2.40. The van der Waals surface area contributed by atoms with Gasteiger partial charge in [-0.1, -0.05) is 6.07 Å². The first-order valence-electron chi connectivity index (χ1n) is 6.86. The van der Waals surface area contributed by atoms with E-state index in [0.29, 0.717) is 17.3 Å². The normalized spacial score (nSPS) is 22.3. The van der Waals surface area contributed by atoms with Gasteiger partial charge in [-0.3, -0.25) is 4.79 Å². The van der Waals surface area contributed by atoms with Crippen molar-refractivity contribution in [3.05, 3.63) is 29.3 Å². The Balaban J connectivity index is 2.11. The van der Waals surface area contributed by atoms with E-state index in [9.17, 15) is 9.59 Å². The zero-order chi connectivity index (χ0) is 14.7. The summed E-state index contributed by atoms with van der Waals surface area (Å²) in [5, 5.41) is 15.3. The number of rotatable bonds is 3. The Kier molecular flexibility index (Phi) is 4.39. The average Bonchev–Trinajstić information content (AvgIpc) is 2.40. The molecule has 0 saturated carbocycles. The van der Waals surface area contributed by atoms with Crippen molar-refractivity contribution >= 4 is 17.6 Å². The van der Waals surface area contributed by atoms with Crippen molar-refractivity contribution in [3.8, 4) is 0 Å². The summed E-state index contributed by atoms with van der Waals surface area (Å²) in [5.41, 5.74) is 1.40. The Morgan fingerprint density at radius 2 is 2.15 bits per heavy atom. The molecule has 2 atom stereocenters. The van der Waals surface area contributed by atoms with Gasteiger partial charge in [0.05, 0.1) is 5.56 Å². The van der Waals surface area contributed by atoms with Crippen molar-refractivity contribution in [1.82, 2.24) is 5.32 Å². The zero-order valence-electron chi connectivity index (χ0n) is 11.8. The van der Waals surface area contributed by atoms with Gasteiger partial charge in [0, 0.05) is 17.6 Å². The highest BCUT2D eigenvalue weighted by Crippen LogP contribution is 2.22. The minimum absolute atomic E-state index is 0.0147. The molecule has 1 saturated heterocycles. The summed E-state index contributed by atoms with van der Waals surface area (Å²) >= 11 is 0. The minimum Gasteiger partial charge on any atom is -0.478 e. The maximum atomic E-state index is 12.3. The van der Waals surface area contributed by atoms with Gasteiger partial charge in [-0.15, -0.1) is 0 Å². The Labute approximate surface area is 118 Å². The third kappa shape index (κ3) is 3.17. The molecule has 0 radical (unpaired) electrons. The molecule has 0 aliphatic carbocycles. The Morgan fingerprint density at radius 3 is 2.80 bits per heavy atom. The quantitative estimate of drug-likeness (QED) is 0.789. The highest BCUT2D eigenvalue weighted by atomic mass is 16.4. The summed E-state index contributed by atoms with van der Waals surface area (Å²) < 4.78 is 0. The smallest absolute Gasteiger partial charge is 0.336 e. The van der Waals surface area contributed by atoms with E-state index in [2.05, 4.69) is 17.6 Å². The second kappa shape index (κ2) is 6.05. The van der Waals surface area contributed by atoms with E-state index < -0.39 is 5.97 Å². The first kappa shape index (κ1) is 14.5. The van der Waals surface area contributed by atoms with E-state index >= 15 is 0 Å². The third-order valence-electron chi connectivity index (χ3n) is 3.82. The van der Waals surface area contributed by atoms with Crippen LogP contribution in [0.15, 0.2) is 18.2 Å². The standard InChI is InChI=1S/C15H20N2O3/c1-9-8-11(6-7-16-9)14(18)17-13-5-3-4-12(10(13)2)15(19)20/h3-5,9,11,16H,6-8H2,1-2H3,(H,17,18)(H,19,20). The highest BCUT2D eigenvalue weighted by Gasteiger charge is 2.25. The van der Waals surface area contributed by atoms with Gasteiger partial charge in [0.25, 0.3) is 0 Å². The molecule has 1 aliphatic rings. The van der Waals surface area contributed by atoms with Crippen molar-refractivity contribution in [2.24, 2.45) is 5.92 Å². The summed E-state index contributed by atoms with van der Waals surface area (Å²) in [7, 11) is 0. The van der Waals surface area contributed by atoms with Crippen LogP contribution in [-0.2, 0) is 4.79 Å². The summed E-state index contributed by atoms with van der Waals surface area (Å²) in [5.74, 6) is -1.02. The fraction of sp³-hybridized carbons (Fsp3) is 0.467. The fourth-order valence-corrected chi connectivity index (χ4v) is 2.61. The van der Waals surface area contributed by atoms with E-state index in [1.54, 1.807) is 25.1 Å². The van der Waals surface area contributed by atoms with Gasteiger partial charge in [-0.25, -0.2) is 4.79 Å². The highest BCUT2D eigenvalue weighted by molar-refractivity contribution is 5.96. The second-order valence-corrected chi connectivity index (χ2v) is 5.35. The lowest BCUT2D eigenvalue weighted by Gasteiger charge is -2.27. The Hall–Kier alpha value is -1.88. The van der Waals surface area contributed by atoms with Crippen molar-refractivity contribution in [1.29, 1.82) is 0 Å². The number of nitrogens with one attached hydrogen (secondary N) is 2. The van der Waals surface area contributed by atoms with Gasteiger partial charge in [0.2, 0.25) is 5.91 Å². The molecule has 1 aliphatic heterocycles. The monoisotopic (exact) mass is 276 g/mol. The van der Waals surface area contributed by atoms with Crippen LogP contribution in [-0.4, -0.2) is 29.6 Å². The van der Waals surface area contributed by atoms with Crippen LogP contribution in [0.1, 0.15) is 35.7 Å². The summed E-state index contributed by atoms with van der Waals surface area (Å²) in [4.78, 5) is 23.3. The van der Waals surface area contributed by atoms with E-state index in [-0.39, 0.29) is 17.4 Å². The number of carbonyl (C=O) groups excluding carboxylic acids is 1. The summed E-state index contributed by atoms with van der Waals surface area (Å²) in [6.07, 6.45) is 1.62.